The van der Waals surface area contributed by atoms with Crippen LogP contribution in [0.2, 0.25) is 0 Å². The Morgan fingerprint density at radius 2 is 1.64 bits per heavy atom. The molecule has 0 aromatic heterocycles. The molecule has 0 aromatic carbocycles. The van der Waals surface area contributed by atoms with Crippen molar-refractivity contribution in [3.05, 3.63) is 0 Å². The number of rotatable bonds is 8. The van der Waals surface area contributed by atoms with E-state index >= 15 is 0 Å². The van der Waals surface area contributed by atoms with Crippen LogP contribution in [0.5, 0.6) is 0 Å². The van der Waals surface area contributed by atoms with Gasteiger partial charge in [0.05, 0.1) is 6.04 Å². The van der Waals surface area contributed by atoms with Crippen molar-refractivity contribution in [2.24, 2.45) is 34.3 Å². The number of carbonyl (C=O) groups is 5. The summed E-state index contributed by atoms with van der Waals surface area (Å²) >= 11 is 0. The largest absolute Gasteiger partial charge is 0.444 e. The first-order chi connectivity index (χ1) is 18.0. The van der Waals surface area contributed by atoms with Crippen LogP contribution in [0.1, 0.15) is 92.9 Å². The Hall–Kier alpha value is -2.65. The fourth-order valence-corrected chi connectivity index (χ4v) is 6.73. The van der Waals surface area contributed by atoms with Crippen LogP contribution in [0, 0.1) is 28.6 Å². The molecular weight excluding hydrogens is 500 g/mol. The number of ether oxygens (including phenoxy) is 1. The number of hydrogen-bond donors (Lipinski definition) is 3. The Morgan fingerprint density at radius 3 is 2.13 bits per heavy atom. The van der Waals surface area contributed by atoms with Gasteiger partial charge in [0.25, 0.3) is 5.91 Å². The maximum Gasteiger partial charge on any atom is 0.408 e. The summed E-state index contributed by atoms with van der Waals surface area (Å²) in [7, 11) is 0. The van der Waals surface area contributed by atoms with Crippen molar-refractivity contribution < 1.29 is 28.7 Å². The molecule has 1 unspecified atom stereocenters. The summed E-state index contributed by atoms with van der Waals surface area (Å²) in [6, 6.07) is -2.70. The van der Waals surface area contributed by atoms with E-state index in [4.69, 9.17) is 10.5 Å². The maximum atomic E-state index is 14.1. The maximum absolute atomic E-state index is 14.1. The number of nitrogens with two attached hydrogens (primary N) is 1. The van der Waals surface area contributed by atoms with Gasteiger partial charge in [-0.3, -0.25) is 19.2 Å². The highest BCUT2D eigenvalue weighted by Crippen LogP contribution is 2.64. The van der Waals surface area contributed by atoms with E-state index in [2.05, 4.69) is 10.6 Å². The Kier molecular flexibility index (Phi) is 7.82. The van der Waals surface area contributed by atoms with Gasteiger partial charge < -0.3 is 26.0 Å². The molecule has 218 valence electrons. The third-order valence-corrected chi connectivity index (χ3v) is 9.09. The van der Waals surface area contributed by atoms with Gasteiger partial charge in [-0.1, -0.05) is 40.0 Å². The van der Waals surface area contributed by atoms with Gasteiger partial charge in [-0.15, -0.1) is 0 Å². The van der Waals surface area contributed by atoms with Crippen molar-refractivity contribution >= 4 is 29.6 Å². The molecular formula is C29H46N4O6. The quantitative estimate of drug-likeness (QED) is 0.399. The predicted octanol–water partition coefficient (Wildman–Crippen LogP) is 2.67. The first-order valence-corrected chi connectivity index (χ1v) is 14.4. The van der Waals surface area contributed by atoms with Gasteiger partial charge in [-0.2, -0.15) is 0 Å². The highest BCUT2D eigenvalue weighted by Gasteiger charge is 2.61. The van der Waals surface area contributed by atoms with Gasteiger partial charge in [0.15, 0.2) is 0 Å². The van der Waals surface area contributed by atoms with Gasteiger partial charge in [0.2, 0.25) is 17.6 Å². The lowest BCUT2D eigenvalue weighted by molar-refractivity contribution is -0.144. The second-order valence-electron chi connectivity index (χ2n) is 14.5. The first-order valence-electron chi connectivity index (χ1n) is 14.4. The lowest BCUT2D eigenvalue weighted by Crippen LogP contribution is -2.60. The average Bonchev–Trinajstić information content (AvgIpc) is 3.29. The zero-order valence-corrected chi connectivity index (χ0v) is 24.3. The van der Waals surface area contributed by atoms with Crippen LogP contribution >= 0.6 is 0 Å². The monoisotopic (exact) mass is 546 g/mol. The third kappa shape index (κ3) is 6.57. The molecule has 3 aliphatic carbocycles. The molecule has 5 atom stereocenters. The molecule has 4 rings (SSSR count). The number of carbonyl (C=O) groups excluding carboxylic acids is 5. The predicted molar refractivity (Wildman–Crippen MR) is 144 cm³/mol. The minimum Gasteiger partial charge on any atom is -0.444 e. The first kappa shape index (κ1) is 29.3. The number of nitrogens with one attached hydrogen (secondary N) is 2. The van der Waals surface area contributed by atoms with Crippen molar-refractivity contribution in [2.75, 3.05) is 6.54 Å². The van der Waals surface area contributed by atoms with Crippen molar-refractivity contribution in [1.29, 1.82) is 0 Å². The van der Waals surface area contributed by atoms with E-state index < -0.39 is 52.8 Å². The number of likely N-dealkylation sites (tertiary alicyclic amines) is 1. The van der Waals surface area contributed by atoms with Gasteiger partial charge in [0.1, 0.15) is 17.7 Å². The van der Waals surface area contributed by atoms with Gasteiger partial charge in [-0.05, 0) is 81.5 Å². The number of nitrogens with zero attached hydrogens (tertiary/aromatic N) is 1. The minimum atomic E-state index is -1.07. The smallest absolute Gasteiger partial charge is 0.408 e. The molecule has 10 heteroatoms. The molecule has 4 fully saturated rings. The number of alkyl carbamates (subject to hydrolysis) is 1. The van der Waals surface area contributed by atoms with Gasteiger partial charge in [-0.25, -0.2) is 4.79 Å². The van der Waals surface area contributed by atoms with Crippen LogP contribution in [0.25, 0.3) is 0 Å². The highest BCUT2D eigenvalue weighted by atomic mass is 16.6. The van der Waals surface area contributed by atoms with Crippen molar-refractivity contribution in [1.82, 2.24) is 15.5 Å². The fraction of sp³-hybridized carbons (Fsp3) is 0.828. The summed E-state index contributed by atoms with van der Waals surface area (Å²) in [5.41, 5.74) is 4.20. The van der Waals surface area contributed by atoms with E-state index in [-0.39, 0.29) is 29.1 Å². The molecule has 0 radical (unpaired) electrons. The molecule has 10 nitrogen and oxygen atoms in total. The van der Waals surface area contributed by atoms with E-state index in [1.807, 2.05) is 20.8 Å². The van der Waals surface area contributed by atoms with Crippen molar-refractivity contribution in [3.63, 3.8) is 0 Å². The van der Waals surface area contributed by atoms with Crippen LogP contribution in [-0.2, 0) is 23.9 Å². The normalized spacial score (nSPS) is 27.2. The molecule has 4 N–H and O–H groups in total. The van der Waals surface area contributed by atoms with Crippen LogP contribution in [0.4, 0.5) is 4.79 Å². The second kappa shape index (κ2) is 10.4. The lowest BCUT2D eigenvalue weighted by Gasteiger charge is -2.37. The Balaban J connectivity index is 1.58. The van der Waals surface area contributed by atoms with Crippen LogP contribution in [0.3, 0.4) is 0 Å². The molecule has 1 aliphatic heterocycles. The number of ketones is 1. The summed E-state index contributed by atoms with van der Waals surface area (Å²) < 4.78 is 5.43. The number of amides is 4. The molecule has 0 aromatic rings. The summed E-state index contributed by atoms with van der Waals surface area (Å²) in [6.07, 6.45) is 6.73. The highest BCUT2D eigenvalue weighted by molar-refractivity contribution is 6.37. The minimum absolute atomic E-state index is 0.0355. The average molecular weight is 547 g/mol. The number of fused-ring (bicyclic) bond motifs is 1. The summed E-state index contributed by atoms with van der Waals surface area (Å²) in [5, 5.41) is 5.60. The van der Waals surface area contributed by atoms with Crippen molar-refractivity contribution in [3.8, 4) is 0 Å². The molecule has 4 aliphatic rings. The fourth-order valence-electron chi connectivity index (χ4n) is 6.73. The Bertz CT molecular complexity index is 1020. The van der Waals surface area contributed by atoms with Crippen LogP contribution in [-0.4, -0.2) is 64.8 Å². The van der Waals surface area contributed by atoms with Crippen LogP contribution in [0.15, 0.2) is 0 Å². The molecule has 1 saturated heterocycles. The zero-order valence-electron chi connectivity index (χ0n) is 24.3. The Morgan fingerprint density at radius 1 is 1.00 bits per heavy atom. The molecule has 0 bridgehead atoms. The SMILES string of the molecule is CC(C)(C)OC(=O)N[C@H](C(=O)N1C[C@@H]2CC3(CC3)C[C@@H]2[C@H]1C(=O)NC(CC1CCC1)C(=O)C(N)=O)C(C)(C)C. The van der Waals surface area contributed by atoms with Gasteiger partial charge >= 0.3 is 6.09 Å². The molecule has 1 spiro atoms. The molecule has 39 heavy (non-hydrogen) atoms. The molecule has 3 saturated carbocycles. The topological polar surface area (TPSA) is 148 Å². The van der Waals surface area contributed by atoms with E-state index in [1.54, 1.807) is 25.7 Å². The van der Waals surface area contributed by atoms with E-state index in [1.165, 1.54) is 0 Å². The number of Topliss-reactive ketones (excluding diaryl/α,β-unsaturated/α-hetero) is 1. The third-order valence-electron chi connectivity index (χ3n) is 9.09. The Labute approximate surface area is 231 Å². The van der Waals surface area contributed by atoms with Crippen LogP contribution < -0.4 is 16.4 Å². The molecule has 4 amide bonds. The van der Waals surface area contributed by atoms with E-state index in [0.29, 0.717) is 13.0 Å². The standard InChI is InChI=1S/C29H46N4O6/c1-27(2,3)22(32-26(38)39-28(4,5)6)25(37)33-15-17-13-29(10-11-29)14-18(17)20(33)24(36)31-19(21(34)23(30)35)12-16-8-7-9-16/h16-20,22H,7-15H2,1-6H3,(H2,30,35)(H,31,36)(H,32,38)/t17-,18-,19?,20-,22+/m0/s1. The zero-order chi connectivity index (χ0) is 28.9. The summed E-state index contributed by atoms with van der Waals surface area (Å²) in [4.78, 5) is 66.8. The van der Waals surface area contributed by atoms with E-state index in [0.717, 1.165) is 44.9 Å². The van der Waals surface area contributed by atoms with Gasteiger partial charge in [0, 0.05) is 6.54 Å². The summed E-state index contributed by atoms with van der Waals surface area (Å²) in [6.45, 7) is 11.3. The number of primary amides is 1. The lowest BCUT2D eigenvalue weighted by atomic mass is 9.80. The van der Waals surface area contributed by atoms with E-state index in [9.17, 15) is 24.0 Å². The summed E-state index contributed by atoms with van der Waals surface area (Å²) in [5.74, 6) is -2.23. The number of hydrogen-bond acceptors (Lipinski definition) is 6. The van der Waals surface area contributed by atoms with Crippen molar-refractivity contribution in [2.45, 2.75) is 117 Å². The molecule has 1 heterocycles. The second-order valence-corrected chi connectivity index (χ2v) is 14.5.